The van der Waals surface area contributed by atoms with Crippen LogP contribution in [0.2, 0.25) is 0 Å². The maximum absolute atomic E-state index is 12.6. The molecule has 1 aliphatic heterocycles. The molecule has 0 aliphatic carbocycles. The molecular weight excluding hydrogens is 262 g/mol. The van der Waals surface area contributed by atoms with E-state index in [0.29, 0.717) is 24.6 Å². The lowest BCUT2D eigenvalue weighted by Gasteiger charge is -2.21. The van der Waals surface area contributed by atoms with Gasteiger partial charge in [-0.1, -0.05) is 13.8 Å². The van der Waals surface area contributed by atoms with Crippen LogP contribution in [0.3, 0.4) is 0 Å². The van der Waals surface area contributed by atoms with E-state index in [4.69, 9.17) is 4.74 Å². The molecule has 106 valence electrons. The second-order valence-electron chi connectivity index (χ2n) is 4.77. The van der Waals surface area contributed by atoms with Gasteiger partial charge in [0.05, 0.1) is 11.5 Å². The molecule has 0 amide bonds. The van der Waals surface area contributed by atoms with Gasteiger partial charge in [-0.05, 0) is 36.6 Å². The molecule has 0 N–H and O–H groups in total. The number of rotatable bonds is 6. The van der Waals surface area contributed by atoms with E-state index < -0.39 is 10.0 Å². The lowest BCUT2D eigenvalue weighted by Crippen LogP contribution is -2.32. The minimum atomic E-state index is -3.37. The molecule has 0 unspecified atom stereocenters. The average molecular weight is 283 g/mol. The SMILES string of the molecule is CCCN(CCC)S(=O)(=O)c1ccc2c(c1)CCO2. The van der Waals surface area contributed by atoms with Crippen LogP contribution in [-0.2, 0) is 16.4 Å². The van der Waals surface area contributed by atoms with Crippen LogP contribution in [0, 0.1) is 0 Å². The van der Waals surface area contributed by atoms with Crippen molar-refractivity contribution in [3.05, 3.63) is 23.8 Å². The van der Waals surface area contributed by atoms with Crippen LogP contribution >= 0.6 is 0 Å². The zero-order valence-corrected chi connectivity index (χ0v) is 12.4. The summed E-state index contributed by atoms with van der Waals surface area (Å²) >= 11 is 0. The molecule has 0 saturated heterocycles. The van der Waals surface area contributed by atoms with E-state index in [9.17, 15) is 8.42 Å². The Kier molecular flexibility index (Phi) is 4.47. The van der Waals surface area contributed by atoms with Gasteiger partial charge in [-0.2, -0.15) is 4.31 Å². The Bertz CT molecular complexity index is 534. The Balaban J connectivity index is 2.32. The number of hydrogen-bond acceptors (Lipinski definition) is 3. The van der Waals surface area contributed by atoms with E-state index in [1.165, 1.54) is 0 Å². The normalized spacial score (nSPS) is 14.5. The molecule has 19 heavy (non-hydrogen) atoms. The lowest BCUT2D eigenvalue weighted by atomic mass is 10.2. The minimum Gasteiger partial charge on any atom is -0.493 e. The molecule has 1 aliphatic rings. The first kappa shape index (κ1) is 14.3. The van der Waals surface area contributed by atoms with Gasteiger partial charge < -0.3 is 4.74 Å². The fraction of sp³-hybridized carbons (Fsp3) is 0.571. The van der Waals surface area contributed by atoms with E-state index in [-0.39, 0.29) is 0 Å². The van der Waals surface area contributed by atoms with Crippen LogP contribution < -0.4 is 4.74 Å². The highest BCUT2D eigenvalue weighted by atomic mass is 32.2. The molecule has 2 rings (SSSR count). The zero-order chi connectivity index (χ0) is 13.9. The van der Waals surface area contributed by atoms with Crippen LogP contribution in [0.4, 0.5) is 0 Å². The van der Waals surface area contributed by atoms with E-state index in [0.717, 1.165) is 30.6 Å². The third-order valence-corrected chi connectivity index (χ3v) is 5.14. The molecule has 4 nitrogen and oxygen atoms in total. The summed E-state index contributed by atoms with van der Waals surface area (Å²) in [5.41, 5.74) is 0.994. The fourth-order valence-electron chi connectivity index (χ4n) is 2.32. The Morgan fingerprint density at radius 1 is 1.21 bits per heavy atom. The Morgan fingerprint density at radius 3 is 2.53 bits per heavy atom. The van der Waals surface area contributed by atoms with Gasteiger partial charge in [0.25, 0.3) is 0 Å². The topological polar surface area (TPSA) is 46.6 Å². The van der Waals surface area contributed by atoms with Crippen molar-refractivity contribution in [2.24, 2.45) is 0 Å². The molecule has 0 spiro atoms. The molecule has 1 aromatic carbocycles. The summed E-state index contributed by atoms with van der Waals surface area (Å²) in [6.45, 7) is 5.78. The van der Waals surface area contributed by atoms with E-state index >= 15 is 0 Å². The first-order chi connectivity index (χ1) is 9.09. The lowest BCUT2D eigenvalue weighted by molar-refractivity contribution is 0.356. The van der Waals surface area contributed by atoms with E-state index in [1.54, 1.807) is 22.5 Å². The van der Waals surface area contributed by atoms with Gasteiger partial charge in [0.1, 0.15) is 5.75 Å². The van der Waals surface area contributed by atoms with Crippen LogP contribution in [0.15, 0.2) is 23.1 Å². The molecular formula is C14H21NO3S. The number of fused-ring (bicyclic) bond motifs is 1. The van der Waals surface area contributed by atoms with Crippen LogP contribution in [0.25, 0.3) is 0 Å². The largest absolute Gasteiger partial charge is 0.493 e. The maximum Gasteiger partial charge on any atom is 0.243 e. The van der Waals surface area contributed by atoms with Crippen molar-refractivity contribution in [3.63, 3.8) is 0 Å². The highest BCUT2D eigenvalue weighted by Gasteiger charge is 2.25. The molecule has 5 heteroatoms. The van der Waals surface area contributed by atoms with Crippen molar-refractivity contribution in [2.75, 3.05) is 19.7 Å². The van der Waals surface area contributed by atoms with Crippen molar-refractivity contribution in [1.29, 1.82) is 0 Å². The molecule has 0 fully saturated rings. The summed E-state index contributed by atoms with van der Waals surface area (Å²) in [6, 6.07) is 5.18. The van der Waals surface area contributed by atoms with E-state index in [2.05, 4.69) is 0 Å². The summed E-state index contributed by atoms with van der Waals surface area (Å²) in [5, 5.41) is 0. The predicted molar refractivity (Wildman–Crippen MR) is 75.0 cm³/mol. The third kappa shape index (κ3) is 2.92. The minimum absolute atomic E-state index is 0.388. The average Bonchev–Trinajstić information content (AvgIpc) is 2.85. The van der Waals surface area contributed by atoms with Crippen molar-refractivity contribution in [1.82, 2.24) is 4.31 Å². The fourth-order valence-corrected chi connectivity index (χ4v) is 4.00. The predicted octanol–water partition coefficient (Wildman–Crippen LogP) is 2.43. The van der Waals surface area contributed by atoms with Gasteiger partial charge in [-0.15, -0.1) is 0 Å². The number of sulfonamides is 1. The number of nitrogens with zero attached hydrogens (tertiary/aromatic N) is 1. The summed E-state index contributed by atoms with van der Waals surface area (Å²) in [4.78, 5) is 0.388. The van der Waals surface area contributed by atoms with Gasteiger partial charge in [-0.3, -0.25) is 0 Å². The molecule has 1 heterocycles. The van der Waals surface area contributed by atoms with Crippen LogP contribution in [0.1, 0.15) is 32.3 Å². The van der Waals surface area contributed by atoms with Gasteiger partial charge >= 0.3 is 0 Å². The highest BCUT2D eigenvalue weighted by Crippen LogP contribution is 2.28. The smallest absolute Gasteiger partial charge is 0.243 e. The summed E-state index contributed by atoms with van der Waals surface area (Å²) in [5.74, 6) is 0.816. The van der Waals surface area contributed by atoms with Crippen LogP contribution in [-0.4, -0.2) is 32.4 Å². The number of benzene rings is 1. The van der Waals surface area contributed by atoms with Crippen molar-refractivity contribution >= 4 is 10.0 Å². The zero-order valence-electron chi connectivity index (χ0n) is 11.6. The highest BCUT2D eigenvalue weighted by molar-refractivity contribution is 7.89. The monoisotopic (exact) mass is 283 g/mol. The second kappa shape index (κ2) is 5.92. The Labute approximate surface area is 115 Å². The van der Waals surface area contributed by atoms with Gasteiger partial charge in [-0.25, -0.2) is 8.42 Å². The first-order valence-electron chi connectivity index (χ1n) is 6.85. The van der Waals surface area contributed by atoms with Gasteiger partial charge in [0, 0.05) is 19.5 Å². The summed E-state index contributed by atoms with van der Waals surface area (Å²) < 4.78 is 32.2. The van der Waals surface area contributed by atoms with Gasteiger partial charge in [0.15, 0.2) is 0 Å². The molecule has 0 aromatic heterocycles. The Hall–Kier alpha value is -1.07. The maximum atomic E-state index is 12.6. The molecule has 1 aromatic rings. The summed E-state index contributed by atoms with van der Waals surface area (Å²) in [6.07, 6.45) is 2.45. The molecule has 0 bridgehead atoms. The third-order valence-electron chi connectivity index (χ3n) is 3.24. The Morgan fingerprint density at radius 2 is 1.89 bits per heavy atom. The van der Waals surface area contributed by atoms with Crippen molar-refractivity contribution < 1.29 is 13.2 Å². The molecule has 0 saturated carbocycles. The van der Waals surface area contributed by atoms with Crippen molar-refractivity contribution in [3.8, 4) is 5.75 Å². The van der Waals surface area contributed by atoms with E-state index in [1.807, 2.05) is 13.8 Å². The number of hydrogen-bond donors (Lipinski definition) is 0. The molecule has 0 atom stereocenters. The van der Waals surface area contributed by atoms with Crippen molar-refractivity contribution in [2.45, 2.75) is 38.0 Å². The first-order valence-corrected chi connectivity index (χ1v) is 8.29. The second-order valence-corrected chi connectivity index (χ2v) is 6.71. The standard InChI is InChI=1S/C14H21NO3S/c1-3-8-15(9-4-2)19(16,17)13-5-6-14-12(11-13)7-10-18-14/h5-6,11H,3-4,7-10H2,1-2H3. The molecule has 0 radical (unpaired) electrons. The van der Waals surface area contributed by atoms with Crippen LogP contribution in [0.5, 0.6) is 5.75 Å². The quantitative estimate of drug-likeness (QED) is 0.805. The number of ether oxygens (including phenoxy) is 1. The summed E-state index contributed by atoms with van der Waals surface area (Å²) in [7, 11) is -3.37. The van der Waals surface area contributed by atoms with Gasteiger partial charge in [0.2, 0.25) is 10.0 Å².